The Morgan fingerprint density at radius 2 is 2.20 bits per heavy atom. The van der Waals surface area contributed by atoms with Crippen molar-refractivity contribution in [3.63, 3.8) is 0 Å². The van der Waals surface area contributed by atoms with Crippen molar-refractivity contribution in [1.29, 1.82) is 0 Å². The van der Waals surface area contributed by atoms with E-state index < -0.39 is 0 Å². The average Bonchev–Trinajstić information content (AvgIpc) is 2.24. The molecule has 1 aromatic heterocycles. The quantitative estimate of drug-likeness (QED) is 0.839. The van der Waals surface area contributed by atoms with Gasteiger partial charge in [-0.3, -0.25) is 4.98 Å². The molecule has 0 aliphatic heterocycles. The monoisotopic (exact) mass is 224 g/mol. The molecule has 1 aliphatic carbocycles. The highest BCUT2D eigenvalue weighted by Gasteiger charge is 2.22. The molecule has 0 bridgehead atoms. The van der Waals surface area contributed by atoms with Crippen LogP contribution in [-0.4, -0.2) is 11.0 Å². The Morgan fingerprint density at radius 3 is 2.93 bits per heavy atom. The molecule has 1 saturated carbocycles. The highest BCUT2D eigenvalue weighted by Crippen LogP contribution is 2.28. The zero-order valence-corrected chi connectivity index (χ0v) is 9.58. The third-order valence-corrected chi connectivity index (χ3v) is 3.65. The second-order valence-corrected chi connectivity index (χ2v) is 4.79. The molecular weight excluding hydrogens is 208 g/mol. The van der Waals surface area contributed by atoms with Gasteiger partial charge in [0.15, 0.2) is 0 Å². The van der Waals surface area contributed by atoms with Gasteiger partial charge in [-0.05, 0) is 36.8 Å². The first-order chi connectivity index (χ1) is 7.27. The van der Waals surface area contributed by atoms with Crippen molar-refractivity contribution in [2.24, 2.45) is 11.7 Å². The maximum absolute atomic E-state index is 6.12. The number of hydrogen-bond acceptors (Lipinski definition) is 2. The molecule has 0 saturated heterocycles. The van der Waals surface area contributed by atoms with Gasteiger partial charge < -0.3 is 5.73 Å². The minimum absolute atomic E-state index is 0.350. The molecule has 0 radical (unpaired) electrons. The van der Waals surface area contributed by atoms with E-state index in [2.05, 4.69) is 4.98 Å². The Kier molecular flexibility index (Phi) is 3.60. The number of nitrogens with zero attached hydrogens (tertiary/aromatic N) is 1. The molecule has 2 rings (SSSR count). The first-order valence-electron chi connectivity index (χ1n) is 5.61. The van der Waals surface area contributed by atoms with Gasteiger partial charge in [0.2, 0.25) is 0 Å². The highest BCUT2D eigenvalue weighted by molar-refractivity contribution is 6.31. The Hall–Kier alpha value is -0.600. The first kappa shape index (κ1) is 10.9. The molecule has 0 spiro atoms. The van der Waals surface area contributed by atoms with E-state index in [1.807, 2.05) is 6.07 Å². The fourth-order valence-corrected chi connectivity index (χ4v) is 2.54. The van der Waals surface area contributed by atoms with E-state index in [0.717, 1.165) is 17.9 Å². The van der Waals surface area contributed by atoms with Gasteiger partial charge in [-0.1, -0.05) is 24.4 Å². The van der Waals surface area contributed by atoms with E-state index in [4.69, 9.17) is 17.3 Å². The Labute approximate surface area is 95.8 Å². The largest absolute Gasteiger partial charge is 0.327 e. The molecule has 0 aromatic carbocycles. The smallest absolute Gasteiger partial charge is 0.0621 e. The van der Waals surface area contributed by atoms with Crippen molar-refractivity contribution in [3.05, 3.63) is 29.0 Å². The van der Waals surface area contributed by atoms with Crippen LogP contribution >= 0.6 is 11.6 Å². The van der Waals surface area contributed by atoms with Crippen LogP contribution in [0.3, 0.4) is 0 Å². The van der Waals surface area contributed by atoms with Crippen molar-refractivity contribution in [3.8, 4) is 0 Å². The van der Waals surface area contributed by atoms with Crippen LogP contribution in [0.2, 0.25) is 5.02 Å². The molecule has 1 aliphatic rings. The zero-order valence-electron chi connectivity index (χ0n) is 8.82. The standard InChI is InChI=1S/C12H17ClN2/c13-11-8-15-6-5-9(11)7-10-3-1-2-4-12(10)14/h5-6,8,10,12H,1-4,7,14H2. The van der Waals surface area contributed by atoms with Gasteiger partial charge in [0.05, 0.1) is 5.02 Å². The van der Waals surface area contributed by atoms with Crippen LogP contribution in [0.15, 0.2) is 18.5 Å². The molecule has 1 fully saturated rings. The van der Waals surface area contributed by atoms with Crippen molar-refractivity contribution >= 4 is 11.6 Å². The van der Waals surface area contributed by atoms with Crippen molar-refractivity contribution in [2.45, 2.75) is 38.1 Å². The van der Waals surface area contributed by atoms with Crippen LogP contribution in [0.1, 0.15) is 31.2 Å². The van der Waals surface area contributed by atoms with Crippen LogP contribution in [0, 0.1) is 5.92 Å². The van der Waals surface area contributed by atoms with Gasteiger partial charge >= 0.3 is 0 Å². The van der Waals surface area contributed by atoms with Crippen LogP contribution < -0.4 is 5.73 Å². The number of halogens is 1. The van der Waals surface area contributed by atoms with Gasteiger partial charge in [0.1, 0.15) is 0 Å². The molecule has 0 amide bonds. The summed E-state index contributed by atoms with van der Waals surface area (Å²) in [6.45, 7) is 0. The first-order valence-corrected chi connectivity index (χ1v) is 5.99. The van der Waals surface area contributed by atoms with Crippen molar-refractivity contribution in [1.82, 2.24) is 4.98 Å². The molecule has 82 valence electrons. The van der Waals surface area contributed by atoms with Gasteiger partial charge in [-0.25, -0.2) is 0 Å². The van der Waals surface area contributed by atoms with Crippen LogP contribution in [0.5, 0.6) is 0 Å². The second kappa shape index (κ2) is 4.95. The predicted molar refractivity (Wildman–Crippen MR) is 62.9 cm³/mol. The van der Waals surface area contributed by atoms with E-state index in [1.54, 1.807) is 12.4 Å². The number of rotatable bonds is 2. The molecule has 1 aromatic rings. The van der Waals surface area contributed by atoms with Crippen LogP contribution in [0.25, 0.3) is 0 Å². The lowest BCUT2D eigenvalue weighted by Crippen LogP contribution is -2.34. The summed E-state index contributed by atoms with van der Waals surface area (Å²) in [4.78, 5) is 3.99. The molecule has 3 heteroatoms. The number of hydrogen-bond donors (Lipinski definition) is 1. The Balaban J connectivity index is 2.04. The van der Waals surface area contributed by atoms with E-state index in [-0.39, 0.29) is 0 Å². The minimum atomic E-state index is 0.350. The molecule has 2 N–H and O–H groups in total. The second-order valence-electron chi connectivity index (χ2n) is 4.38. The fourth-order valence-electron chi connectivity index (χ4n) is 2.34. The maximum atomic E-state index is 6.12. The van der Waals surface area contributed by atoms with Crippen LogP contribution in [0.4, 0.5) is 0 Å². The number of aromatic nitrogens is 1. The molecule has 15 heavy (non-hydrogen) atoms. The van der Waals surface area contributed by atoms with Gasteiger partial charge in [-0.15, -0.1) is 0 Å². The molecular formula is C12H17ClN2. The third kappa shape index (κ3) is 2.70. The molecule has 2 nitrogen and oxygen atoms in total. The molecule has 2 unspecified atom stereocenters. The lowest BCUT2D eigenvalue weighted by molar-refractivity contribution is 0.306. The lowest BCUT2D eigenvalue weighted by atomic mass is 9.81. The van der Waals surface area contributed by atoms with E-state index >= 15 is 0 Å². The van der Waals surface area contributed by atoms with Crippen molar-refractivity contribution < 1.29 is 0 Å². The summed E-state index contributed by atoms with van der Waals surface area (Å²) in [5.74, 6) is 0.596. The third-order valence-electron chi connectivity index (χ3n) is 3.31. The maximum Gasteiger partial charge on any atom is 0.0621 e. The van der Waals surface area contributed by atoms with Crippen LogP contribution in [-0.2, 0) is 6.42 Å². The molecule has 1 heterocycles. The Morgan fingerprint density at radius 1 is 1.40 bits per heavy atom. The summed E-state index contributed by atoms with van der Waals surface area (Å²) in [7, 11) is 0. The summed E-state index contributed by atoms with van der Waals surface area (Å²) in [6.07, 6.45) is 9.50. The number of pyridine rings is 1. The highest BCUT2D eigenvalue weighted by atomic mass is 35.5. The summed E-state index contributed by atoms with van der Waals surface area (Å²) < 4.78 is 0. The van der Waals surface area contributed by atoms with Crippen molar-refractivity contribution in [2.75, 3.05) is 0 Å². The van der Waals surface area contributed by atoms with E-state index in [0.29, 0.717) is 12.0 Å². The summed E-state index contributed by atoms with van der Waals surface area (Å²) in [6, 6.07) is 2.35. The number of nitrogens with two attached hydrogens (primary N) is 1. The van der Waals surface area contributed by atoms with Gasteiger partial charge in [0, 0.05) is 18.4 Å². The molecule has 2 atom stereocenters. The van der Waals surface area contributed by atoms with E-state index in [1.165, 1.54) is 24.8 Å². The topological polar surface area (TPSA) is 38.9 Å². The van der Waals surface area contributed by atoms with E-state index in [9.17, 15) is 0 Å². The Bertz CT molecular complexity index is 327. The van der Waals surface area contributed by atoms with Gasteiger partial charge in [0.25, 0.3) is 0 Å². The lowest BCUT2D eigenvalue weighted by Gasteiger charge is -2.28. The average molecular weight is 225 g/mol. The SMILES string of the molecule is NC1CCCCC1Cc1ccncc1Cl. The summed E-state index contributed by atoms with van der Waals surface area (Å²) >= 11 is 6.09. The summed E-state index contributed by atoms with van der Waals surface area (Å²) in [5.41, 5.74) is 7.31. The summed E-state index contributed by atoms with van der Waals surface area (Å²) in [5, 5.41) is 0.773. The zero-order chi connectivity index (χ0) is 10.7. The minimum Gasteiger partial charge on any atom is -0.327 e. The fraction of sp³-hybridized carbons (Fsp3) is 0.583. The normalized spacial score (nSPS) is 26.5. The predicted octanol–water partition coefficient (Wildman–Crippen LogP) is 2.80. The van der Waals surface area contributed by atoms with Gasteiger partial charge in [-0.2, -0.15) is 0 Å².